The van der Waals surface area contributed by atoms with Gasteiger partial charge in [0.25, 0.3) is 0 Å². The Hall–Kier alpha value is -2.36. The van der Waals surface area contributed by atoms with Crippen LogP contribution in [0.1, 0.15) is 52.9 Å². The zero-order chi connectivity index (χ0) is 27.5. The van der Waals surface area contributed by atoms with Crippen molar-refractivity contribution in [1.29, 1.82) is 0 Å². The molecule has 1 heterocycles. The third-order valence-corrected chi connectivity index (χ3v) is 9.44. The number of amides is 2. The first-order valence-electron chi connectivity index (χ1n) is 13.4. The maximum Gasteiger partial charge on any atom is 0.407 e. The molecule has 38 heavy (non-hydrogen) atoms. The van der Waals surface area contributed by atoms with Crippen molar-refractivity contribution in [3.63, 3.8) is 0 Å². The number of nitrogens with zero attached hydrogens (tertiary/aromatic N) is 2. The van der Waals surface area contributed by atoms with Gasteiger partial charge in [0.15, 0.2) is 0 Å². The van der Waals surface area contributed by atoms with Gasteiger partial charge in [0.2, 0.25) is 15.9 Å². The number of ether oxygens (including phenoxy) is 1. The van der Waals surface area contributed by atoms with Gasteiger partial charge in [-0.2, -0.15) is 4.31 Å². The van der Waals surface area contributed by atoms with Gasteiger partial charge in [-0.05, 0) is 93.8 Å². The van der Waals surface area contributed by atoms with E-state index < -0.39 is 21.7 Å². The monoisotopic (exact) mass is 563 g/mol. The fourth-order valence-electron chi connectivity index (χ4n) is 5.27. The van der Waals surface area contributed by atoms with Crippen LogP contribution in [0.3, 0.4) is 0 Å². The van der Waals surface area contributed by atoms with Crippen LogP contribution in [-0.2, 0) is 19.6 Å². The molecule has 1 aliphatic carbocycles. The van der Waals surface area contributed by atoms with Crippen molar-refractivity contribution in [2.75, 3.05) is 32.7 Å². The van der Waals surface area contributed by atoms with Crippen LogP contribution >= 0.6 is 11.6 Å². The van der Waals surface area contributed by atoms with Gasteiger partial charge in [-0.25, -0.2) is 13.2 Å². The van der Waals surface area contributed by atoms with E-state index in [9.17, 15) is 18.0 Å². The topological polar surface area (TPSA) is 96.0 Å². The van der Waals surface area contributed by atoms with E-state index in [4.69, 9.17) is 16.3 Å². The van der Waals surface area contributed by atoms with Crippen molar-refractivity contribution in [3.05, 3.63) is 41.4 Å². The summed E-state index contributed by atoms with van der Waals surface area (Å²) in [7, 11) is -3.68. The number of carbonyl (C=O) groups is 2. The van der Waals surface area contributed by atoms with Crippen LogP contribution in [0.5, 0.6) is 0 Å². The van der Waals surface area contributed by atoms with Crippen LogP contribution in [0.25, 0.3) is 10.8 Å². The number of fused-ring (bicyclic) bond motifs is 1. The minimum atomic E-state index is -3.68. The number of hydrogen-bond donors (Lipinski definition) is 1. The number of rotatable bonds is 5. The van der Waals surface area contributed by atoms with Crippen LogP contribution in [0.4, 0.5) is 4.79 Å². The molecule has 2 aromatic carbocycles. The number of hydrogen-bond acceptors (Lipinski definition) is 5. The highest BCUT2D eigenvalue weighted by Crippen LogP contribution is 2.31. The average molecular weight is 564 g/mol. The van der Waals surface area contributed by atoms with Gasteiger partial charge in [0, 0.05) is 43.7 Å². The second-order valence-corrected chi connectivity index (χ2v) is 13.7. The molecule has 2 fully saturated rings. The summed E-state index contributed by atoms with van der Waals surface area (Å²) in [4.78, 5) is 27.3. The molecule has 1 N–H and O–H groups in total. The van der Waals surface area contributed by atoms with Gasteiger partial charge in [-0.3, -0.25) is 4.79 Å². The van der Waals surface area contributed by atoms with E-state index >= 15 is 0 Å². The van der Waals surface area contributed by atoms with Gasteiger partial charge in [-0.15, -0.1) is 0 Å². The molecule has 10 heteroatoms. The summed E-state index contributed by atoms with van der Waals surface area (Å²) >= 11 is 6.06. The predicted molar refractivity (Wildman–Crippen MR) is 149 cm³/mol. The van der Waals surface area contributed by atoms with Crippen LogP contribution in [0.15, 0.2) is 41.3 Å². The van der Waals surface area contributed by atoms with Crippen molar-refractivity contribution in [1.82, 2.24) is 14.5 Å². The van der Waals surface area contributed by atoms with E-state index in [2.05, 4.69) is 5.32 Å². The van der Waals surface area contributed by atoms with Gasteiger partial charge >= 0.3 is 6.09 Å². The highest BCUT2D eigenvalue weighted by molar-refractivity contribution is 7.89. The molecular formula is C28H38ClN3O5S. The van der Waals surface area contributed by atoms with Crippen molar-refractivity contribution >= 4 is 44.4 Å². The van der Waals surface area contributed by atoms with Crippen molar-refractivity contribution in [2.45, 2.75) is 63.4 Å². The first-order valence-corrected chi connectivity index (χ1v) is 15.2. The molecule has 0 bridgehead atoms. The molecule has 1 aliphatic heterocycles. The van der Waals surface area contributed by atoms with Crippen LogP contribution in [0.2, 0.25) is 5.02 Å². The molecule has 8 nitrogen and oxygen atoms in total. The summed E-state index contributed by atoms with van der Waals surface area (Å²) in [5, 5.41) is 5.16. The lowest BCUT2D eigenvalue weighted by Crippen LogP contribution is -2.41. The Balaban J connectivity index is 1.29. The summed E-state index contributed by atoms with van der Waals surface area (Å²) in [6.45, 7) is 7.66. The molecule has 2 amide bonds. The maximum atomic E-state index is 13.4. The van der Waals surface area contributed by atoms with Gasteiger partial charge in [0.1, 0.15) is 5.60 Å². The molecule has 2 aliphatic rings. The lowest BCUT2D eigenvalue weighted by Gasteiger charge is -2.32. The molecule has 208 valence electrons. The number of carbonyl (C=O) groups excluding carboxylic acids is 2. The van der Waals surface area contributed by atoms with Crippen molar-refractivity contribution < 1.29 is 22.7 Å². The number of sulfonamides is 1. The molecule has 2 aromatic rings. The lowest BCUT2D eigenvalue weighted by atomic mass is 9.81. The summed E-state index contributed by atoms with van der Waals surface area (Å²) in [5.74, 6) is 0.392. The zero-order valence-electron chi connectivity index (χ0n) is 22.4. The number of alkyl carbamates (subject to hydrolysis) is 1. The standard InChI is InChI=1S/C28H38ClN3O5S/c1-28(2,3)37-27(34)30-19-20-5-7-21(8-6-20)26(33)31-13-4-14-32(16-15-31)38(35,36)25-12-10-22-17-24(29)11-9-23(22)18-25/h9-12,17-18,20-21H,4-8,13-16,19H2,1-3H3,(H,30,34)/t20-,21-. The Morgan fingerprint density at radius 2 is 1.66 bits per heavy atom. The van der Waals surface area contributed by atoms with Crippen LogP contribution in [0, 0.1) is 11.8 Å². The number of benzene rings is 2. The predicted octanol–water partition coefficient (Wildman–Crippen LogP) is 5.05. The Morgan fingerprint density at radius 1 is 0.974 bits per heavy atom. The fraction of sp³-hybridized carbons (Fsp3) is 0.571. The second kappa shape index (κ2) is 11.8. The van der Waals surface area contributed by atoms with E-state index in [0.717, 1.165) is 36.5 Å². The highest BCUT2D eigenvalue weighted by Gasteiger charge is 2.33. The van der Waals surface area contributed by atoms with Crippen molar-refractivity contribution in [3.8, 4) is 0 Å². The molecule has 4 rings (SSSR count). The molecule has 1 saturated heterocycles. The van der Waals surface area contributed by atoms with Gasteiger partial charge < -0.3 is 15.0 Å². The van der Waals surface area contributed by atoms with E-state index in [1.807, 2.05) is 37.8 Å². The Kier molecular flexibility index (Phi) is 8.89. The van der Waals surface area contributed by atoms with Gasteiger partial charge in [-0.1, -0.05) is 23.7 Å². The Labute approximate surface area is 230 Å². The molecule has 0 unspecified atom stereocenters. The lowest BCUT2D eigenvalue weighted by molar-refractivity contribution is -0.136. The first-order chi connectivity index (χ1) is 17.9. The Morgan fingerprint density at radius 3 is 2.37 bits per heavy atom. The Bertz CT molecular complexity index is 1270. The first kappa shape index (κ1) is 28.6. The quantitative estimate of drug-likeness (QED) is 0.549. The van der Waals surface area contributed by atoms with Crippen molar-refractivity contribution in [2.24, 2.45) is 11.8 Å². The maximum absolute atomic E-state index is 13.4. The van der Waals surface area contributed by atoms with E-state index in [0.29, 0.717) is 43.5 Å². The molecule has 0 radical (unpaired) electrons. The third kappa shape index (κ3) is 7.18. The molecule has 0 atom stereocenters. The smallest absolute Gasteiger partial charge is 0.407 e. The summed E-state index contributed by atoms with van der Waals surface area (Å²) in [6, 6.07) is 10.5. The third-order valence-electron chi connectivity index (χ3n) is 7.31. The largest absolute Gasteiger partial charge is 0.444 e. The van der Waals surface area contributed by atoms with Crippen LogP contribution < -0.4 is 5.32 Å². The molecule has 1 saturated carbocycles. The number of halogens is 1. The number of nitrogens with one attached hydrogen (secondary N) is 1. The minimum Gasteiger partial charge on any atom is -0.444 e. The average Bonchev–Trinajstić information content (AvgIpc) is 3.13. The van der Waals surface area contributed by atoms with E-state index in [1.54, 1.807) is 24.3 Å². The minimum absolute atomic E-state index is 0.0526. The van der Waals surface area contributed by atoms with Gasteiger partial charge in [0.05, 0.1) is 4.90 Å². The summed E-state index contributed by atoms with van der Waals surface area (Å²) < 4.78 is 33.6. The summed E-state index contributed by atoms with van der Waals surface area (Å²) in [5.41, 5.74) is -0.527. The molecule has 0 spiro atoms. The normalized spacial score (nSPS) is 21.6. The SMILES string of the molecule is CC(C)(C)OC(=O)NC[C@H]1CC[C@H](C(=O)N2CCCN(S(=O)(=O)c3ccc4cc(Cl)ccc4c3)CC2)CC1. The molecular weight excluding hydrogens is 526 g/mol. The zero-order valence-corrected chi connectivity index (χ0v) is 24.0. The fourth-order valence-corrected chi connectivity index (χ4v) is 6.96. The second-order valence-electron chi connectivity index (χ2n) is 11.3. The summed E-state index contributed by atoms with van der Waals surface area (Å²) in [6.07, 6.45) is 3.48. The van der Waals surface area contributed by atoms with Crippen LogP contribution in [-0.4, -0.2) is 67.9 Å². The highest BCUT2D eigenvalue weighted by atomic mass is 35.5. The van der Waals surface area contributed by atoms with E-state index in [-0.39, 0.29) is 23.3 Å². The van der Waals surface area contributed by atoms with E-state index in [1.165, 1.54) is 4.31 Å². The molecule has 0 aromatic heterocycles.